The number of hydrogen-bond donors (Lipinski definition) is 1. The fourth-order valence-corrected chi connectivity index (χ4v) is 3.89. The Bertz CT molecular complexity index is 703. The zero-order chi connectivity index (χ0) is 19.1. The highest BCUT2D eigenvalue weighted by molar-refractivity contribution is 5.78. The van der Waals surface area contributed by atoms with Gasteiger partial charge in [-0.05, 0) is 42.7 Å². The molecule has 2 aromatic carbocycles. The van der Waals surface area contributed by atoms with Gasteiger partial charge in [-0.15, -0.1) is 0 Å². The van der Waals surface area contributed by atoms with E-state index in [0.29, 0.717) is 25.9 Å². The number of carboxylic acids is 1. The van der Waals surface area contributed by atoms with Crippen molar-refractivity contribution in [3.05, 3.63) is 71.8 Å². The molecule has 1 N–H and O–H groups in total. The molecule has 1 unspecified atom stereocenters. The Kier molecular flexibility index (Phi) is 6.64. The van der Waals surface area contributed by atoms with Crippen molar-refractivity contribution in [2.24, 2.45) is 11.8 Å². The first kappa shape index (κ1) is 19.2. The maximum Gasteiger partial charge on any atom is 0.308 e. The number of benzene rings is 2. The molecule has 0 aliphatic carbocycles. The monoisotopic (exact) mass is 365 g/mol. The summed E-state index contributed by atoms with van der Waals surface area (Å²) < 4.78 is 0. The van der Waals surface area contributed by atoms with Crippen molar-refractivity contribution in [3.8, 4) is 0 Å². The van der Waals surface area contributed by atoms with E-state index in [1.165, 1.54) is 11.1 Å². The molecule has 1 aliphatic heterocycles. The summed E-state index contributed by atoms with van der Waals surface area (Å²) in [4.78, 5) is 25.9. The molecule has 3 rings (SSSR count). The van der Waals surface area contributed by atoms with Crippen LogP contribution in [0.5, 0.6) is 0 Å². The smallest absolute Gasteiger partial charge is 0.308 e. The molecule has 1 heterocycles. The van der Waals surface area contributed by atoms with E-state index in [4.69, 9.17) is 0 Å². The van der Waals surface area contributed by atoms with Crippen LogP contribution in [-0.4, -0.2) is 35.0 Å². The van der Waals surface area contributed by atoms with Gasteiger partial charge in [0.1, 0.15) is 0 Å². The molecular formula is C23H27NO3. The van der Waals surface area contributed by atoms with Crippen molar-refractivity contribution < 1.29 is 14.7 Å². The van der Waals surface area contributed by atoms with Crippen molar-refractivity contribution in [1.82, 2.24) is 4.90 Å². The minimum atomic E-state index is -0.794. The maximum atomic E-state index is 12.9. The summed E-state index contributed by atoms with van der Waals surface area (Å²) in [5, 5.41) is 9.27. The molecule has 142 valence electrons. The van der Waals surface area contributed by atoms with E-state index < -0.39 is 11.9 Å². The number of aliphatic carboxylic acids is 1. The number of likely N-dealkylation sites (tertiary alicyclic amines) is 1. The van der Waals surface area contributed by atoms with Crippen molar-refractivity contribution in [1.29, 1.82) is 0 Å². The van der Waals surface area contributed by atoms with Crippen LogP contribution in [-0.2, 0) is 22.4 Å². The second-order valence-electron chi connectivity index (χ2n) is 7.47. The molecule has 2 aromatic rings. The quantitative estimate of drug-likeness (QED) is 0.812. The first-order valence-corrected chi connectivity index (χ1v) is 9.70. The minimum absolute atomic E-state index is 0.0813. The summed E-state index contributed by atoms with van der Waals surface area (Å²) in [6, 6.07) is 20.5. The van der Waals surface area contributed by atoms with Gasteiger partial charge in [0.25, 0.3) is 0 Å². The Morgan fingerprint density at radius 3 is 2.04 bits per heavy atom. The van der Waals surface area contributed by atoms with Gasteiger partial charge in [0, 0.05) is 19.5 Å². The minimum Gasteiger partial charge on any atom is -0.481 e. The Labute approximate surface area is 160 Å². The summed E-state index contributed by atoms with van der Waals surface area (Å²) in [6.07, 6.45) is 3.58. The van der Waals surface area contributed by atoms with E-state index in [1.807, 2.05) is 36.4 Å². The number of carbonyl (C=O) groups is 2. The average Bonchev–Trinajstić information content (AvgIpc) is 2.69. The van der Waals surface area contributed by atoms with Gasteiger partial charge >= 0.3 is 5.97 Å². The molecule has 1 saturated heterocycles. The van der Waals surface area contributed by atoms with E-state index in [2.05, 4.69) is 24.3 Å². The first-order chi connectivity index (χ1) is 13.1. The van der Waals surface area contributed by atoms with Crippen LogP contribution in [0, 0.1) is 11.8 Å². The number of carboxylic acid groups (broad SMARTS) is 1. The molecule has 0 radical (unpaired) electrons. The van der Waals surface area contributed by atoms with E-state index in [9.17, 15) is 14.7 Å². The normalized spacial score (nSPS) is 17.1. The fraction of sp³-hybridized carbons (Fsp3) is 0.391. The summed E-state index contributed by atoms with van der Waals surface area (Å²) >= 11 is 0. The number of piperidine rings is 1. The lowest BCUT2D eigenvalue weighted by molar-refractivity contribution is -0.145. The lowest BCUT2D eigenvalue weighted by Gasteiger charge is -2.32. The maximum absolute atomic E-state index is 12.9. The Balaban J connectivity index is 1.68. The predicted octanol–water partition coefficient (Wildman–Crippen LogP) is 3.80. The van der Waals surface area contributed by atoms with Crippen LogP contribution < -0.4 is 0 Å². The molecule has 1 atom stereocenters. The van der Waals surface area contributed by atoms with Crippen LogP contribution in [0.2, 0.25) is 0 Å². The number of rotatable bonds is 7. The lowest BCUT2D eigenvalue weighted by atomic mass is 9.89. The van der Waals surface area contributed by atoms with Gasteiger partial charge < -0.3 is 10.0 Å². The van der Waals surface area contributed by atoms with Gasteiger partial charge in [-0.3, -0.25) is 9.59 Å². The zero-order valence-electron chi connectivity index (χ0n) is 15.6. The molecule has 0 saturated carbocycles. The number of carbonyl (C=O) groups excluding carboxylic acids is 1. The van der Waals surface area contributed by atoms with Gasteiger partial charge in [0.05, 0.1) is 5.92 Å². The molecule has 0 bridgehead atoms. The number of nitrogens with zero attached hydrogens (tertiary/aromatic N) is 1. The standard InChI is InChI=1S/C23H27NO3/c25-22(24-13-7-12-21(17-24)23(26)27)16-20(14-18-8-3-1-4-9-18)15-19-10-5-2-6-11-19/h1-6,8-11,20-21H,7,12-17H2,(H,26,27). The van der Waals surface area contributed by atoms with Crippen molar-refractivity contribution in [2.45, 2.75) is 32.1 Å². The van der Waals surface area contributed by atoms with Gasteiger partial charge in [0.15, 0.2) is 0 Å². The highest BCUT2D eigenvalue weighted by Gasteiger charge is 2.29. The van der Waals surface area contributed by atoms with E-state index in [-0.39, 0.29) is 11.8 Å². The summed E-state index contributed by atoms with van der Waals surface area (Å²) in [5.74, 6) is -0.938. The topological polar surface area (TPSA) is 57.6 Å². The average molecular weight is 365 g/mol. The van der Waals surface area contributed by atoms with Crippen LogP contribution in [0.25, 0.3) is 0 Å². The molecule has 0 spiro atoms. The predicted molar refractivity (Wildman–Crippen MR) is 105 cm³/mol. The fourth-order valence-electron chi connectivity index (χ4n) is 3.89. The molecule has 4 heteroatoms. The molecule has 4 nitrogen and oxygen atoms in total. The highest BCUT2D eigenvalue weighted by atomic mass is 16.4. The van der Waals surface area contributed by atoms with Gasteiger partial charge in [-0.2, -0.15) is 0 Å². The largest absolute Gasteiger partial charge is 0.481 e. The second-order valence-corrected chi connectivity index (χ2v) is 7.47. The zero-order valence-corrected chi connectivity index (χ0v) is 15.6. The van der Waals surface area contributed by atoms with Crippen molar-refractivity contribution >= 4 is 11.9 Å². The molecule has 27 heavy (non-hydrogen) atoms. The molecule has 1 fully saturated rings. The Hall–Kier alpha value is -2.62. The van der Waals surface area contributed by atoms with Crippen LogP contribution in [0.15, 0.2) is 60.7 Å². The third-order valence-corrected chi connectivity index (χ3v) is 5.32. The molecule has 0 aromatic heterocycles. The van der Waals surface area contributed by atoms with E-state index in [1.54, 1.807) is 4.90 Å². The van der Waals surface area contributed by atoms with Crippen molar-refractivity contribution in [3.63, 3.8) is 0 Å². The van der Waals surface area contributed by atoms with Gasteiger partial charge in [-0.25, -0.2) is 0 Å². The summed E-state index contributed by atoms with van der Waals surface area (Å²) in [7, 11) is 0. The summed E-state index contributed by atoms with van der Waals surface area (Å²) in [5.41, 5.74) is 2.46. The second kappa shape index (κ2) is 9.36. The van der Waals surface area contributed by atoms with Crippen LogP contribution >= 0.6 is 0 Å². The summed E-state index contributed by atoms with van der Waals surface area (Å²) in [6.45, 7) is 1.02. The Morgan fingerprint density at radius 1 is 0.963 bits per heavy atom. The molecule has 1 aliphatic rings. The third kappa shape index (κ3) is 5.68. The highest BCUT2D eigenvalue weighted by Crippen LogP contribution is 2.22. The van der Waals surface area contributed by atoms with Crippen molar-refractivity contribution in [2.75, 3.05) is 13.1 Å². The molecule has 1 amide bonds. The van der Waals surface area contributed by atoms with Crippen LogP contribution in [0.3, 0.4) is 0 Å². The van der Waals surface area contributed by atoms with Crippen LogP contribution in [0.4, 0.5) is 0 Å². The first-order valence-electron chi connectivity index (χ1n) is 9.70. The third-order valence-electron chi connectivity index (χ3n) is 5.32. The molecular weight excluding hydrogens is 338 g/mol. The van der Waals surface area contributed by atoms with E-state index >= 15 is 0 Å². The number of hydrogen-bond acceptors (Lipinski definition) is 2. The van der Waals surface area contributed by atoms with Gasteiger partial charge in [0.2, 0.25) is 5.91 Å². The van der Waals surface area contributed by atoms with Gasteiger partial charge in [-0.1, -0.05) is 60.7 Å². The Morgan fingerprint density at radius 2 is 1.52 bits per heavy atom. The van der Waals surface area contributed by atoms with Crippen LogP contribution in [0.1, 0.15) is 30.4 Å². The SMILES string of the molecule is O=C(O)C1CCCN(C(=O)CC(Cc2ccccc2)Cc2ccccc2)C1. The lowest BCUT2D eigenvalue weighted by Crippen LogP contribution is -2.43. The van der Waals surface area contributed by atoms with E-state index in [0.717, 1.165) is 19.3 Å². The number of amides is 1.